The topological polar surface area (TPSA) is 46.3 Å². The monoisotopic (exact) mass is 250 g/mol. The van der Waals surface area contributed by atoms with E-state index in [1.54, 1.807) is 0 Å². The first-order valence-corrected chi connectivity index (χ1v) is 7.23. The zero-order valence-electron chi connectivity index (χ0n) is 11.7. The van der Waals surface area contributed by atoms with Crippen molar-refractivity contribution in [2.45, 2.75) is 52.0 Å². The van der Waals surface area contributed by atoms with Gasteiger partial charge >= 0.3 is 0 Å². The van der Waals surface area contributed by atoms with Gasteiger partial charge in [0.05, 0.1) is 6.04 Å². The van der Waals surface area contributed by atoms with Gasteiger partial charge in [-0.1, -0.05) is 26.0 Å². The van der Waals surface area contributed by atoms with E-state index in [1.165, 1.54) is 12.8 Å². The number of nitrogens with two attached hydrogens (primary N) is 1. The molecule has 2 atom stereocenters. The van der Waals surface area contributed by atoms with Crippen molar-refractivity contribution < 1.29 is 4.79 Å². The molecule has 1 unspecified atom stereocenters. The Kier molecular flexibility index (Phi) is 4.10. The molecular formula is C15H26N2O. The number of carbonyl (C=O) groups is 1. The lowest BCUT2D eigenvalue weighted by Gasteiger charge is -2.44. The van der Waals surface area contributed by atoms with Gasteiger partial charge in [-0.05, 0) is 43.4 Å². The summed E-state index contributed by atoms with van der Waals surface area (Å²) in [6, 6.07) is -0.334. The van der Waals surface area contributed by atoms with Crippen LogP contribution in [0.4, 0.5) is 0 Å². The fraction of sp³-hybridized carbons (Fsp3) is 0.800. The summed E-state index contributed by atoms with van der Waals surface area (Å²) in [5.41, 5.74) is 6.35. The molecule has 1 fully saturated rings. The predicted molar refractivity (Wildman–Crippen MR) is 74.1 cm³/mol. The van der Waals surface area contributed by atoms with Crippen LogP contribution < -0.4 is 5.73 Å². The van der Waals surface area contributed by atoms with Crippen LogP contribution in [-0.4, -0.2) is 29.9 Å². The van der Waals surface area contributed by atoms with Crippen molar-refractivity contribution in [2.24, 2.45) is 17.1 Å². The molecule has 0 aromatic rings. The molecule has 1 amide bonds. The number of amides is 1. The fourth-order valence-corrected chi connectivity index (χ4v) is 3.21. The Bertz CT molecular complexity index is 337. The number of rotatable bonds is 2. The molecule has 1 aliphatic carbocycles. The van der Waals surface area contributed by atoms with Crippen molar-refractivity contribution >= 4 is 5.91 Å². The summed E-state index contributed by atoms with van der Waals surface area (Å²) in [6.07, 6.45) is 10.5. The second-order valence-corrected chi connectivity index (χ2v) is 6.35. The number of carbonyl (C=O) groups excluding carboxylic acids is 1. The number of nitrogens with zero attached hydrogens (tertiary/aromatic N) is 1. The number of hydrogen-bond acceptors (Lipinski definition) is 2. The molecule has 2 rings (SSSR count). The standard InChI is InChI=1S/C15H26N2O/c1-12(2)13(16)14(18)17-10-6-9-15(11-17)7-4-3-5-8-15/h3-4,12-13H,5-11,16H2,1-2H3/t13-,15?/m0/s1. The van der Waals surface area contributed by atoms with E-state index >= 15 is 0 Å². The Morgan fingerprint density at radius 3 is 2.72 bits per heavy atom. The largest absolute Gasteiger partial charge is 0.341 e. The van der Waals surface area contributed by atoms with Crippen molar-refractivity contribution in [1.29, 1.82) is 0 Å². The van der Waals surface area contributed by atoms with Crippen molar-refractivity contribution in [3.05, 3.63) is 12.2 Å². The van der Waals surface area contributed by atoms with Crippen LogP contribution in [0.1, 0.15) is 46.0 Å². The molecule has 3 nitrogen and oxygen atoms in total. The van der Waals surface area contributed by atoms with E-state index in [9.17, 15) is 4.79 Å². The van der Waals surface area contributed by atoms with Gasteiger partial charge in [-0.2, -0.15) is 0 Å². The molecule has 3 heteroatoms. The van der Waals surface area contributed by atoms with Crippen molar-refractivity contribution in [1.82, 2.24) is 4.90 Å². The summed E-state index contributed by atoms with van der Waals surface area (Å²) < 4.78 is 0. The fourth-order valence-electron chi connectivity index (χ4n) is 3.21. The minimum atomic E-state index is -0.334. The maximum Gasteiger partial charge on any atom is 0.239 e. The third-order valence-electron chi connectivity index (χ3n) is 4.54. The third-order valence-corrected chi connectivity index (χ3v) is 4.54. The normalized spacial score (nSPS) is 29.9. The summed E-state index contributed by atoms with van der Waals surface area (Å²) in [7, 11) is 0. The van der Waals surface area contributed by atoms with Crippen LogP contribution in [0.2, 0.25) is 0 Å². The molecule has 0 aromatic heterocycles. The SMILES string of the molecule is CC(C)[C@H](N)C(=O)N1CCCC2(CC=CCC2)C1. The Balaban J connectivity index is 2.02. The van der Waals surface area contributed by atoms with E-state index in [2.05, 4.69) is 12.2 Å². The van der Waals surface area contributed by atoms with Crippen LogP contribution in [0.3, 0.4) is 0 Å². The van der Waals surface area contributed by atoms with Crippen LogP contribution in [0.15, 0.2) is 12.2 Å². The smallest absolute Gasteiger partial charge is 0.239 e. The predicted octanol–water partition coefficient (Wildman–Crippen LogP) is 2.32. The maximum atomic E-state index is 12.3. The highest BCUT2D eigenvalue weighted by Crippen LogP contribution is 2.40. The Morgan fingerprint density at radius 1 is 1.33 bits per heavy atom. The van der Waals surface area contributed by atoms with Crippen molar-refractivity contribution in [2.75, 3.05) is 13.1 Å². The summed E-state index contributed by atoms with van der Waals surface area (Å²) >= 11 is 0. The Hall–Kier alpha value is -0.830. The van der Waals surface area contributed by atoms with Gasteiger partial charge in [0.25, 0.3) is 0 Å². The molecule has 1 saturated heterocycles. The molecule has 2 N–H and O–H groups in total. The van der Waals surface area contributed by atoms with Crippen LogP contribution in [0.5, 0.6) is 0 Å². The van der Waals surface area contributed by atoms with Crippen molar-refractivity contribution in [3.8, 4) is 0 Å². The van der Waals surface area contributed by atoms with Gasteiger partial charge in [0.2, 0.25) is 5.91 Å². The molecule has 102 valence electrons. The van der Waals surface area contributed by atoms with Crippen LogP contribution in [0.25, 0.3) is 0 Å². The third kappa shape index (κ3) is 2.77. The minimum Gasteiger partial charge on any atom is -0.341 e. The molecule has 1 heterocycles. The lowest BCUT2D eigenvalue weighted by Crippen LogP contribution is -2.53. The average molecular weight is 250 g/mol. The number of allylic oxidation sites excluding steroid dienone is 2. The molecule has 0 radical (unpaired) electrons. The molecule has 0 saturated carbocycles. The van der Waals surface area contributed by atoms with Crippen LogP contribution in [0, 0.1) is 11.3 Å². The molecule has 1 aliphatic heterocycles. The van der Waals surface area contributed by atoms with Gasteiger partial charge in [-0.25, -0.2) is 0 Å². The minimum absolute atomic E-state index is 0.152. The number of piperidine rings is 1. The van der Waals surface area contributed by atoms with Gasteiger partial charge in [-0.3, -0.25) is 4.79 Å². The summed E-state index contributed by atoms with van der Waals surface area (Å²) in [5, 5.41) is 0. The Labute approximate surface area is 110 Å². The average Bonchev–Trinajstić information content (AvgIpc) is 2.38. The first kappa shape index (κ1) is 13.6. The molecule has 1 spiro atoms. The molecule has 0 bridgehead atoms. The second-order valence-electron chi connectivity index (χ2n) is 6.35. The molecular weight excluding hydrogens is 224 g/mol. The summed E-state index contributed by atoms with van der Waals surface area (Å²) in [6.45, 7) is 5.85. The van der Waals surface area contributed by atoms with Crippen LogP contribution >= 0.6 is 0 Å². The number of hydrogen-bond donors (Lipinski definition) is 1. The van der Waals surface area contributed by atoms with E-state index < -0.39 is 0 Å². The van der Waals surface area contributed by atoms with Crippen LogP contribution in [-0.2, 0) is 4.79 Å². The molecule has 0 aromatic carbocycles. The number of likely N-dealkylation sites (tertiary alicyclic amines) is 1. The van der Waals surface area contributed by atoms with Gasteiger partial charge in [-0.15, -0.1) is 0 Å². The Morgan fingerprint density at radius 2 is 2.11 bits per heavy atom. The van der Waals surface area contributed by atoms with Gasteiger partial charge in [0.1, 0.15) is 0 Å². The van der Waals surface area contributed by atoms with E-state index in [1.807, 2.05) is 18.7 Å². The summed E-state index contributed by atoms with van der Waals surface area (Å²) in [5.74, 6) is 0.375. The van der Waals surface area contributed by atoms with Crippen molar-refractivity contribution in [3.63, 3.8) is 0 Å². The van der Waals surface area contributed by atoms with Gasteiger partial charge in [0, 0.05) is 13.1 Å². The lowest BCUT2D eigenvalue weighted by atomic mass is 9.71. The lowest BCUT2D eigenvalue weighted by molar-refractivity contribution is -0.137. The molecule has 2 aliphatic rings. The zero-order valence-corrected chi connectivity index (χ0v) is 11.7. The van der Waals surface area contributed by atoms with E-state index in [4.69, 9.17) is 5.73 Å². The van der Waals surface area contributed by atoms with E-state index in [0.29, 0.717) is 5.41 Å². The molecule has 18 heavy (non-hydrogen) atoms. The van der Waals surface area contributed by atoms with E-state index in [0.717, 1.165) is 32.4 Å². The first-order chi connectivity index (χ1) is 8.54. The quantitative estimate of drug-likeness (QED) is 0.765. The van der Waals surface area contributed by atoms with Gasteiger partial charge in [0.15, 0.2) is 0 Å². The highest BCUT2D eigenvalue weighted by Gasteiger charge is 2.38. The zero-order chi connectivity index (χ0) is 13.2. The first-order valence-electron chi connectivity index (χ1n) is 7.23. The van der Waals surface area contributed by atoms with Gasteiger partial charge < -0.3 is 10.6 Å². The van der Waals surface area contributed by atoms with E-state index in [-0.39, 0.29) is 17.9 Å². The maximum absolute atomic E-state index is 12.3. The highest BCUT2D eigenvalue weighted by atomic mass is 16.2. The second kappa shape index (κ2) is 5.43. The summed E-state index contributed by atoms with van der Waals surface area (Å²) in [4.78, 5) is 14.4. The highest BCUT2D eigenvalue weighted by molar-refractivity contribution is 5.82.